The standard InChI is InChI=1S/C9H11BrN2O3/c10-4-5-2-1-3-6(12-11)7(5)8(13)9(14)15/h1-3,8,12-13H,4,11H2,(H,14,15). The number of anilines is 1. The number of nitrogens with one attached hydrogen (secondary N) is 1. The number of alkyl halides is 1. The van der Waals surface area contributed by atoms with E-state index < -0.39 is 12.1 Å². The molecule has 6 heteroatoms. The maximum absolute atomic E-state index is 10.7. The van der Waals surface area contributed by atoms with E-state index in [9.17, 15) is 9.90 Å². The second-order valence-corrected chi connectivity index (χ2v) is 3.46. The highest BCUT2D eigenvalue weighted by Gasteiger charge is 2.22. The van der Waals surface area contributed by atoms with Gasteiger partial charge in [-0.3, -0.25) is 5.84 Å². The van der Waals surface area contributed by atoms with E-state index in [1.165, 1.54) is 0 Å². The molecule has 0 amide bonds. The average Bonchev–Trinajstić information content (AvgIpc) is 2.26. The number of benzene rings is 1. The Balaban J connectivity index is 3.27. The van der Waals surface area contributed by atoms with Crippen molar-refractivity contribution < 1.29 is 15.0 Å². The normalized spacial score (nSPS) is 12.2. The number of aliphatic hydroxyl groups excluding tert-OH is 1. The van der Waals surface area contributed by atoms with Crippen molar-refractivity contribution >= 4 is 27.6 Å². The Morgan fingerprint density at radius 2 is 2.27 bits per heavy atom. The zero-order chi connectivity index (χ0) is 11.4. The first-order valence-electron chi connectivity index (χ1n) is 4.17. The maximum atomic E-state index is 10.7. The Kier molecular flexibility index (Phi) is 4.07. The highest BCUT2D eigenvalue weighted by Crippen LogP contribution is 2.28. The SMILES string of the molecule is NNc1cccc(CBr)c1C(O)C(=O)O. The van der Waals surface area contributed by atoms with E-state index in [1.54, 1.807) is 18.2 Å². The van der Waals surface area contributed by atoms with Crippen LogP contribution in [0, 0.1) is 0 Å². The van der Waals surface area contributed by atoms with E-state index in [-0.39, 0.29) is 5.56 Å². The van der Waals surface area contributed by atoms with Gasteiger partial charge in [0, 0.05) is 10.9 Å². The van der Waals surface area contributed by atoms with Crippen LogP contribution in [0.5, 0.6) is 0 Å². The van der Waals surface area contributed by atoms with Gasteiger partial charge in [-0.15, -0.1) is 0 Å². The summed E-state index contributed by atoms with van der Waals surface area (Å²) in [7, 11) is 0. The molecule has 1 aromatic carbocycles. The predicted molar refractivity (Wildman–Crippen MR) is 59.5 cm³/mol. The van der Waals surface area contributed by atoms with Crippen LogP contribution in [0.3, 0.4) is 0 Å². The molecular formula is C9H11BrN2O3. The number of nitrogen functional groups attached to an aromatic ring is 1. The van der Waals surface area contributed by atoms with E-state index in [0.717, 1.165) is 0 Å². The first-order chi connectivity index (χ1) is 7.11. The van der Waals surface area contributed by atoms with Crippen molar-refractivity contribution in [3.63, 3.8) is 0 Å². The summed E-state index contributed by atoms with van der Waals surface area (Å²) in [5.41, 5.74) is 3.73. The predicted octanol–water partition coefficient (Wildman–Crippen LogP) is 0.985. The monoisotopic (exact) mass is 274 g/mol. The molecule has 0 bridgehead atoms. The van der Waals surface area contributed by atoms with E-state index >= 15 is 0 Å². The number of hydrazine groups is 1. The molecule has 0 fully saturated rings. The summed E-state index contributed by atoms with van der Waals surface area (Å²) in [5.74, 6) is 3.94. The molecule has 5 nitrogen and oxygen atoms in total. The molecule has 0 aliphatic rings. The second kappa shape index (κ2) is 5.11. The van der Waals surface area contributed by atoms with Crippen LogP contribution in [-0.2, 0) is 10.1 Å². The van der Waals surface area contributed by atoms with E-state index in [4.69, 9.17) is 10.9 Å². The fourth-order valence-corrected chi connectivity index (χ4v) is 1.79. The molecule has 0 aliphatic carbocycles. The van der Waals surface area contributed by atoms with Crippen LogP contribution in [0.4, 0.5) is 5.69 Å². The van der Waals surface area contributed by atoms with Gasteiger partial charge in [-0.1, -0.05) is 28.1 Å². The first kappa shape index (κ1) is 12.0. The Labute approximate surface area is 95.0 Å². The number of aliphatic hydroxyl groups is 1. The van der Waals surface area contributed by atoms with Gasteiger partial charge in [0.1, 0.15) is 0 Å². The van der Waals surface area contributed by atoms with Gasteiger partial charge >= 0.3 is 5.97 Å². The van der Waals surface area contributed by atoms with Crippen molar-refractivity contribution in [2.24, 2.45) is 5.84 Å². The summed E-state index contributed by atoms with van der Waals surface area (Å²) < 4.78 is 0. The molecule has 0 radical (unpaired) electrons. The maximum Gasteiger partial charge on any atom is 0.337 e. The Morgan fingerprint density at radius 1 is 1.60 bits per heavy atom. The molecular weight excluding hydrogens is 264 g/mol. The van der Waals surface area contributed by atoms with Gasteiger partial charge in [0.15, 0.2) is 6.10 Å². The summed E-state index contributed by atoms with van der Waals surface area (Å²) in [6.45, 7) is 0. The molecule has 82 valence electrons. The van der Waals surface area contributed by atoms with Gasteiger partial charge in [0.05, 0.1) is 5.69 Å². The van der Waals surface area contributed by atoms with Crippen LogP contribution in [-0.4, -0.2) is 16.2 Å². The molecule has 0 aromatic heterocycles. The first-order valence-corrected chi connectivity index (χ1v) is 5.29. The Bertz CT molecular complexity index is 348. The summed E-state index contributed by atoms with van der Waals surface area (Å²) in [6.07, 6.45) is -1.58. The van der Waals surface area contributed by atoms with Crippen LogP contribution in [0.15, 0.2) is 18.2 Å². The summed E-state index contributed by atoms with van der Waals surface area (Å²) in [6, 6.07) is 5.05. The number of nitrogens with two attached hydrogens (primary N) is 1. The zero-order valence-corrected chi connectivity index (χ0v) is 9.36. The van der Waals surface area contributed by atoms with E-state index in [0.29, 0.717) is 16.6 Å². The lowest BCUT2D eigenvalue weighted by Gasteiger charge is -2.15. The van der Waals surface area contributed by atoms with Crippen LogP contribution in [0.1, 0.15) is 17.2 Å². The van der Waals surface area contributed by atoms with E-state index in [2.05, 4.69) is 21.4 Å². The number of carboxylic acids is 1. The fraction of sp³-hybridized carbons (Fsp3) is 0.222. The lowest BCUT2D eigenvalue weighted by atomic mass is 10.0. The molecule has 0 saturated heterocycles. The molecule has 0 spiro atoms. The van der Waals surface area contributed by atoms with Gasteiger partial charge in [0.2, 0.25) is 0 Å². The lowest BCUT2D eigenvalue weighted by molar-refractivity contribution is -0.146. The molecule has 1 unspecified atom stereocenters. The number of carbonyl (C=O) groups is 1. The second-order valence-electron chi connectivity index (χ2n) is 2.90. The van der Waals surface area contributed by atoms with Gasteiger partial charge in [-0.25, -0.2) is 4.79 Å². The van der Waals surface area contributed by atoms with Crippen molar-refractivity contribution in [2.45, 2.75) is 11.4 Å². The molecule has 0 heterocycles. The number of halogens is 1. The zero-order valence-electron chi connectivity index (χ0n) is 7.77. The summed E-state index contributed by atoms with van der Waals surface area (Å²) in [4.78, 5) is 10.7. The topological polar surface area (TPSA) is 95.6 Å². The molecule has 1 rings (SSSR count). The Morgan fingerprint density at radius 3 is 2.73 bits per heavy atom. The van der Waals surface area contributed by atoms with Crippen LogP contribution in [0.25, 0.3) is 0 Å². The van der Waals surface area contributed by atoms with Crippen molar-refractivity contribution in [1.82, 2.24) is 0 Å². The van der Waals surface area contributed by atoms with Gasteiger partial charge in [-0.05, 0) is 11.6 Å². The number of aliphatic carboxylic acids is 1. The van der Waals surface area contributed by atoms with Crippen molar-refractivity contribution in [3.8, 4) is 0 Å². The third-order valence-electron chi connectivity index (χ3n) is 2.00. The lowest BCUT2D eigenvalue weighted by Crippen LogP contribution is -2.17. The van der Waals surface area contributed by atoms with Crippen molar-refractivity contribution in [3.05, 3.63) is 29.3 Å². The third-order valence-corrected chi connectivity index (χ3v) is 2.61. The quantitative estimate of drug-likeness (QED) is 0.373. The molecule has 5 N–H and O–H groups in total. The van der Waals surface area contributed by atoms with Gasteiger partial charge < -0.3 is 15.6 Å². The summed E-state index contributed by atoms with van der Waals surface area (Å²) in [5, 5.41) is 18.7. The molecule has 15 heavy (non-hydrogen) atoms. The van der Waals surface area contributed by atoms with Crippen LogP contribution >= 0.6 is 15.9 Å². The van der Waals surface area contributed by atoms with Crippen LogP contribution in [0.2, 0.25) is 0 Å². The Hall–Kier alpha value is -1.11. The van der Waals surface area contributed by atoms with Gasteiger partial charge in [0.25, 0.3) is 0 Å². The van der Waals surface area contributed by atoms with Crippen molar-refractivity contribution in [1.29, 1.82) is 0 Å². The largest absolute Gasteiger partial charge is 0.479 e. The molecule has 0 aliphatic heterocycles. The average molecular weight is 275 g/mol. The van der Waals surface area contributed by atoms with E-state index in [1.807, 2.05) is 0 Å². The number of rotatable bonds is 4. The van der Waals surface area contributed by atoms with Gasteiger partial charge in [-0.2, -0.15) is 0 Å². The molecule has 1 aromatic rings. The fourth-order valence-electron chi connectivity index (χ4n) is 1.30. The minimum atomic E-state index is -1.58. The summed E-state index contributed by atoms with van der Waals surface area (Å²) >= 11 is 3.22. The minimum Gasteiger partial charge on any atom is -0.479 e. The highest BCUT2D eigenvalue weighted by molar-refractivity contribution is 9.08. The number of hydrogen-bond donors (Lipinski definition) is 4. The number of hydrogen-bond acceptors (Lipinski definition) is 4. The van der Waals surface area contributed by atoms with Crippen molar-refractivity contribution in [2.75, 3.05) is 5.43 Å². The van der Waals surface area contributed by atoms with Crippen LogP contribution < -0.4 is 11.3 Å². The molecule has 1 atom stereocenters. The third kappa shape index (κ3) is 2.47. The highest BCUT2D eigenvalue weighted by atomic mass is 79.9. The molecule has 0 saturated carbocycles. The smallest absolute Gasteiger partial charge is 0.337 e. The number of carboxylic acid groups (broad SMARTS) is 1. The minimum absolute atomic E-state index is 0.282.